The Balaban J connectivity index is 2.05. The van der Waals surface area contributed by atoms with Crippen LogP contribution in [0, 0.1) is 5.41 Å². The molecule has 116 valence electrons. The maximum absolute atomic E-state index is 13.0. The Morgan fingerprint density at radius 2 is 1.86 bits per heavy atom. The van der Waals surface area contributed by atoms with Crippen LogP contribution in [0.3, 0.4) is 0 Å². The van der Waals surface area contributed by atoms with Gasteiger partial charge in [0.05, 0.1) is 11.3 Å². The molecule has 4 nitrogen and oxygen atoms in total. The van der Waals surface area contributed by atoms with Gasteiger partial charge in [-0.25, -0.2) is 0 Å². The highest BCUT2D eigenvalue weighted by Gasteiger charge is 2.59. The Morgan fingerprint density at radius 3 is 2.45 bits per heavy atom. The largest absolute Gasteiger partial charge is 0.306 e. The quantitative estimate of drug-likeness (QED) is 0.633. The normalized spacial score (nSPS) is 25.0. The van der Waals surface area contributed by atoms with Crippen LogP contribution in [-0.2, 0) is 9.59 Å². The molecule has 3 rings (SSSR count). The fraction of sp³-hybridized carbons (Fsp3) is 0.444. The molecule has 0 aromatic heterocycles. The van der Waals surface area contributed by atoms with E-state index in [1.807, 2.05) is 30.3 Å². The molecule has 1 aromatic rings. The number of piperidine rings is 1. The van der Waals surface area contributed by atoms with Gasteiger partial charge >= 0.3 is 0 Å². The van der Waals surface area contributed by atoms with Crippen molar-refractivity contribution in [3.05, 3.63) is 48.6 Å². The monoisotopic (exact) mass is 298 g/mol. The lowest BCUT2D eigenvalue weighted by Gasteiger charge is -2.39. The molecule has 0 N–H and O–H groups in total. The lowest BCUT2D eigenvalue weighted by molar-refractivity contribution is -0.141. The molecule has 0 saturated carbocycles. The summed E-state index contributed by atoms with van der Waals surface area (Å²) >= 11 is 0. The zero-order valence-electron chi connectivity index (χ0n) is 13.0. The average molecular weight is 298 g/mol. The first-order valence-corrected chi connectivity index (χ1v) is 7.80. The molecule has 1 aromatic carbocycles. The van der Waals surface area contributed by atoms with Crippen molar-refractivity contribution in [3.63, 3.8) is 0 Å². The number of nitrogens with zero attached hydrogens (tertiary/aromatic N) is 2. The second-order valence-electron chi connectivity index (χ2n) is 6.35. The minimum Gasteiger partial charge on any atom is -0.306 e. The number of carbonyl (C=O) groups is 2. The van der Waals surface area contributed by atoms with Crippen LogP contribution in [0.1, 0.15) is 24.3 Å². The van der Waals surface area contributed by atoms with Gasteiger partial charge in [-0.3, -0.25) is 14.5 Å². The van der Waals surface area contributed by atoms with E-state index in [2.05, 4.69) is 18.5 Å². The van der Waals surface area contributed by atoms with Gasteiger partial charge in [-0.05, 0) is 38.5 Å². The Bertz CT molecular complexity index is 588. The third kappa shape index (κ3) is 2.18. The maximum atomic E-state index is 13.0. The van der Waals surface area contributed by atoms with Crippen LogP contribution >= 0.6 is 0 Å². The van der Waals surface area contributed by atoms with Crippen molar-refractivity contribution in [3.8, 4) is 0 Å². The standard InChI is InChI=1S/C18H22N2O2/c1-3-11-20-16(21)15(14-7-5-4-6-8-14)18(17(20)22)9-12-19(2)13-10-18/h3-8,15H,1,9-13H2,2H3. The highest BCUT2D eigenvalue weighted by molar-refractivity contribution is 6.10. The van der Waals surface area contributed by atoms with E-state index in [1.54, 1.807) is 6.08 Å². The predicted octanol–water partition coefficient (Wildman–Crippen LogP) is 2.04. The summed E-state index contributed by atoms with van der Waals surface area (Å²) in [5, 5.41) is 0. The first-order valence-electron chi connectivity index (χ1n) is 7.80. The molecule has 22 heavy (non-hydrogen) atoms. The van der Waals surface area contributed by atoms with E-state index in [0.29, 0.717) is 6.54 Å². The number of likely N-dealkylation sites (tertiary alicyclic amines) is 2. The highest BCUT2D eigenvalue weighted by Crippen LogP contribution is 2.51. The molecule has 1 atom stereocenters. The molecule has 2 aliphatic heterocycles. The maximum Gasteiger partial charge on any atom is 0.238 e. The van der Waals surface area contributed by atoms with Crippen molar-refractivity contribution >= 4 is 11.8 Å². The molecular weight excluding hydrogens is 276 g/mol. The predicted molar refractivity (Wildman–Crippen MR) is 85.3 cm³/mol. The molecule has 0 radical (unpaired) electrons. The first-order chi connectivity index (χ1) is 10.6. The molecule has 1 spiro atoms. The minimum atomic E-state index is -0.575. The minimum absolute atomic E-state index is 0.0145. The van der Waals surface area contributed by atoms with Crippen LogP contribution in [0.4, 0.5) is 0 Å². The summed E-state index contributed by atoms with van der Waals surface area (Å²) in [7, 11) is 2.06. The van der Waals surface area contributed by atoms with Gasteiger partial charge in [-0.1, -0.05) is 36.4 Å². The van der Waals surface area contributed by atoms with Gasteiger partial charge in [0.25, 0.3) is 0 Å². The molecular formula is C18H22N2O2. The van der Waals surface area contributed by atoms with Crippen molar-refractivity contribution in [2.75, 3.05) is 26.7 Å². The molecule has 4 heteroatoms. The Hall–Kier alpha value is -1.94. The number of hydrogen-bond donors (Lipinski definition) is 0. The fourth-order valence-electron chi connectivity index (χ4n) is 3.81. The van der Waals surface area contributed by atoms with E-state index in [9.17, 15) is 9.59 Å². The molecule has 2 fully saturated rings. The summed E-state index contributed by atoms with van der Waals surface area (Å²) in [6, 6.07) is 9.74. The molecule has 0 bridgehead atoms. The molecule has 2 aliphatic rings. The zero-order chi connectivity index (χ0) is 15.7. The first kappa shape index (κ1) is 15.0. The van der Waals surface area contributed by atoms with Gasteiger partial charge in [0.15, 0.2) is 0 Å². The van der Waals surface area contributed by atoms with E-state index >= 15 is 0 Å². The molecule has 0 aliphatic carbocycles. The number of imide groups is 1. The van der Waals surface area contributed by atoms with Gasteiger partial charge in [0.2, 0.25) is 11.8 Å². The summed E-state index contributed by atoms with van der Waals surface area (Å²) in [5.74, 6) is -0.435. The molecule has 2 heterocycles. The van der Waals surface area contributed by atoms with Crippen molar-refractivity contribution < 1.29 is 9.59 Å². The van der Waals surface area contributed by atoms with Crippen LogP contribution in [0.15, 0.2) is 43.0 Å². The van der Waals surface area contributed by atoms with Crippen molar-refractivity contribution in [1.82, 2.24) is 9.80 Å². The van der Waals surface area contributed by atoms with Crippen molar-refractivity contribution in [2.45, 2.75) is 18.8 Å². The topological polar surface area (TPSA) is 40.6 Å². The summed E-state index contributed by atoms with van der Waals surface area (Å²) < 4.78 is 0. The Labute approximate surface area is 131 Å². The molecule has 1 unspecified atom stereocenters. The second kappa shape index (κ2) is 5.69. The van der Waals surface area contributed by atoms with E-state index < -0.39 is 5.41 Å². The number of amides is 2. The Kier molecular flexibility index (Phi) is 3.87. The van der Waals surface area contributed by atoms with E-state index in [1.165, 1.54) is 4.90 Å². The summed E-state index contributed by atoms with van der Waals surface area (Å²) in [4.78, 5) is 29.5. The van der Waals surface area contributed by atoms with Gasteiger partial charge in [-0.15, -0.1) is 6.58 Å². The lowest BCUT2D eigenvalue weighted by Crippen LogP contribution is -2.45. The lowest BCUT2D eigenvalue weighted by atomic mass is 9.67. The SMILES string of the molecule is C=CCN1C(=O)C(c2ccccc2)C2(CCN(C)CC2)C1=O. The van der Waals surface area contributed by atoms with Crippen molar-refractivity contribution in [2.24, 2.45) is 5.41 Å². The summed E-state index contributed by atoms with van der Waals surface area (Å²) in [5.41, 5.74) is 0.380. The third-order valence-corrected chi connectivity index (χ3v) is 5.06. The molecule has 2 saturated heterocycles. The highest BCUT2D eigenvalue weighted by atomic mass is 16.2. The summed E-state index contributed by atoms with van der Waals surface area (Å²) in [6.07, 6.45) is 3.11. The van der Waals surface area contributed by atoms with Gasteiger partial charge in [0.1, 0.15) is 0 Å². The van der Waals surface area contributed by atoms with Crippen molar-refractivity contribution in [1.29, 1.82) is 0 Å². The smallest absolute Gasteiger partial charge is 0.238 e. The van der Waals surface area contributed by atoms with Crippen LogP contribution in [0.25, 0.3) is 0 Å². The van der Waals surface area contributed by atoms with Crippen LogP contribution in [0.2, 0.25) is 0 Å². The number of rotatable bonds is 3. The summed E-state index contributed by atoms with van der Waals surface area (Å²) in [6.45, 7) is 5.69. The zero-order valence-corrected chi connectivity index (χ0v) is 13.0. The third-order valence-electron chi connectivity index (χ3n) is 5.06. The van der Waals surface area contributed by atoms with E-state index in [4.69, 9.17) is 0 Å². The van der Waals surface area contributed by atoms with Gasteiger partial charge in [0, 0.05) is 6.54 Å². The second-order valence-corrected chi connectivity index (χ2v) is 6.35. The van der Waals surface area contributed by atoms with Crippen LogP contribution in [-0.4, -0.2) is 48.3 Å². The number of carbonyl (C=O) groups excluding carboxylic acids is 2. The fourth-order valence-corrected chi connectivity index (χ4v) is 3.81. The number of benzene rings is 1. The van der Waals surface area contributed by atoms with Gasteiger partial charge in [-0.2, -0.15) is 0 Å². The number of hydrogen-bond acceptors (Lipinski definition) is 3. The Morgan fingerprint density at radius 1 is 1.23 bits per heavy atom. The average Bonchev–Trinajstić information content (AvgIpc) is 2.73. The van der Waals surface area contributed by atoms with Crippen LogP contribution < -0.4 is 0 Å². The van der Waals surface area contributed by atoms with E-state index in [0.717, 1.165) is 31.5 Å². The van der Waals surface area contributed by atoms with E-state index in [-0.39, 0.29) is 17.7 Å². The van der Waals surface area contributed by atoms with Crippen LogP contribution in [0.5, 0.6) is 0 Å². The molecule has 2 amide bonds. The van der Waals surface area contributed by atoms with Gasteiger partial charge < -0.3 is 4.90 Å².